The summed E-state index contributed by atoms with van der Waals surface area (Å²) in [6, 6.07) is 8.07. The molecular formula is C32H42ClN7O4. The Labute approximate surface area is 263 Å². The zero-order valence-electron chi connectivity index (χ0n) is 25.9. The minimum Gasteiger partial charge on any atom is -0.444 e. The lowest BCUT2D eigenvalue weighted by Gasteiger charge is -2.39. The van der Waals surface area contributed by atoms with Gasteiger partial charge in [0.15, 0.2) is 0 Å². The molecule has 0 radical (unpaired) electrons. The zero-order chi connectivity index (χ0) is 31.2. The van der Waals surface area contributed by atoms with Crippen molar-refractivity contribution in [2.75, 3.05) is 42.9 Å². The van der Waals surface area contributed by atoms with Crippen molar-refractivity contribution in [2.45, 2.75) is 88.9 Å². The standard InChI is InChI=1S/C32H42ClN7O4/c1-19-15-26(41)37-28-27(19)29(36-18-35-28)39-13-14-40(25-16-24(25)39)30(42)23(20-5-7-21(33)8-6-20)17-34-22-9-11-38(12-10-22)31(43)44-32(2,3)4/h5-8,18-19,22-25,34H,9-17H2,1-4H3,(H,35,36,37,41)/t19-,23-,24+,25-/m1/s1. The number of anilines is 2. The second kappa shape index (κ2) is 12.2. The second-order valence-electron chi connectivity index (χ2n) is 13.5. The first-order valence-corrected chi connectivity index (χ1v) is 16.0. The molecule has 1 aliphatic carbocycles. The Hall–Kier alpha value is -3.44. The SMILES string of the molecule is C[C@@H]1CC(=O)Nc2ncnc(N3CCN(C(=O)[C@H](CNC4CCN(C(=O)OC(C)(C)C)CC4)c4ccc(Cl)cc4)[C@@H]4C[C@@H]43)c21. The summed E-state index contributed by atoms with van der Waals surface area (Å²) in [5.74, 6) is 1.23. The van der Waals surface area contributed by atoms with Gasteiger partial charge < -0.3 is 30.1 Å². The monoisotopic (exact) mass is 623 g/mol. The molecule has 2 N–H and O–H groups in total. The van der Waals surface area contributed by atoms with Crippen molar-refractivity contribution in [1.29, 1.82) is 0 Å². The lowest BCUT2D eigenvalue weighted by molar-refractivity contribution is -0.133. The number of piperazine rings is 1. The van der Waals surface area contributed by atoms with E-state index in [1.54, 1.807) is 4.90 Å². The average molecular weight is 624 g/mol. The Balaban J connectivity index is 1.12. The van der Waals surface area contributed by atoms with Gasteiger partial charge in [0.25, 0.3) is 0 Å². The van der Waals surface area contributed by atoms with Crippen LogP contribution in [-0.4, -0.2) is 94.1 Å². The van der Waals surface area contributed by atoms with Gasteiger partial charge in [-0.05, 0) is 63.6 Å². The number of amides is 3. The number of aromatic nitrogens is 2. The highest BCUT2D eigenvalue weighted by molar-refractivity contribution is 6.30. The number of fused-ring (bicyclic) bond motifs is 2. The zero-order valence-corrected chi connectivity index (χ0v) is 26.6. The largest absolute Gasteiger partial charge is 0.444 e. The molecular weight excluding hydrogens is 582 g/mol. The van der Waals surface area contributed by atoms with E-state index in [1.807, 2.05) is 56.9 Å². The molecule has 0 unspecified atom stereocenters. The van der Waals surface area contributed by atoms with E-state index in [-0.39, 0.29) is 47.9 Å². The molecule has 44 heavy (non-hydrogen) atoms. The van der Waals surface area contributed by atoms with Gasteiger partial charge in [-0.15, -0.1) is 0 Å². The van der Waals surface area contributed by atoms with Crippen molar-refractivity contribution in [1.82, 2.24) is 25.1 Å². The number of hydrogen-bond acceptors (Lipinski definition) is 8. The third-order valence-electron chi connectivity index (χ3n) is 9.09. The number of nitrogens with one attached hydrogen (secondary N) is 2. The predicted molar refractivity (Wildman–Crippen MR) is 168 cm³/mol. The van der Waals surface area contributed by atoms with Gasteiger partial charge in [-0.3, -0.25) is 9.59 Å². The molecule has 11 nitrogen and oxygen atoms in total. The highest BCUT2D eigenvalue weighted by Gasteiger charge is 2.52. The van der Waals surface area contributed by atoms with E-state index in [0.29, 0.717) is 50.0 Å². The highest BCUT2D eigenvalue weighted by atomic mass is 35.5. The number of halogens is 1. The Bertz CT molecular complexity index is 1410. The first kappa shape index (κ1) is 30.6. The Morgan fingerprint density at radius 3 is 2.52 bits per heavy atom. The van der Waals surface area contributed by atoms with E-state index in [2.05, 4.69) is 25.5 Å². The lowest BCUT2D eigenvalue weighted by atomic mass is 9.94. The fourth-order valence-corrected chi connectivity index (χ4v) is 6.90. The molecule has 1 aromatic heterocycles. The number of carbonyl (C=O) groups excluding carboxylic acids is 3. The number of nitrogens with zero attached hydrogens (tertiary/aromatic N) is 5. The van der Waals surface area contributed by atoms with Gasteiger partial charge in [0, 0.05) is 55.8 Å². The molecule has 2 saturated heterocycles. The third kappa shape index (κ3) is 6.49. The van der Waals surface area contributed by atoms with Crippen LogP contribution >= 0.6 is 11.6 Å². The van der Waals surface area contributed by atoms with Gasteiger partial charge in [-0.25, -0.2) is 14.8 Å². The van der Waals surface area contributed by atoms with Crippen LogP contribution in [0.3, 0.4) is 0 Å². The highest BCUT2D eigenvalue weighted by Crippen LogP contribution is 2.44. The maximum atomic E-state index is 14.2. The van der Waals surface area contributed by atoms with Crippen molar-refractivity contribution >= 4 is 41.1 Å². The van der Waals surface area contributed by atoms with Crippen LogP contribution < -0.4 is 15.5 Å². The van der Waals surface area contributed by atoms with Gasteiger partial charge in [-0.2, -0.15) is 0 Å². The first-order valence-electron chi connectivity index (χ1n) is 15.7. The summed E-state index contributed by atoms with van der Waals surface area (Å²) >= 11 is 6.20. The predicted octanol–water partition coefficient (Wildman–Crippen LogP) is 4.14. The van der Waals surface area contributed by atoms with E-state index in [1.165, 1.54) is 6.33 Å². The second-order valence-corrected chi connectivity index (χ2v) is 13.9. The van der Waals surface area contributed by atoms with Crippen LogP contribution in [0.5, 0.6) is 0 Å². The van der Waals surface area contributed by atoms with Gasteiger partial charge in [0.05, 0.1) is 18.0 Å². The molecule has 1 aromatic carbocycles. The molecule has 4 aliphatic rings. The van der Waals surface area contributed by atoms with Crippen LogP contribution in [-0.2, 0) is 14.3 Å². The normalized spacial score (nSPS) is 24.2. The van der Waals surface area contributed by atoms with Gasteiger partial charge in [-0.1, -0.05) is 30.7 Å². The number of benzene rings is 1. The maximum absolute atomic E-state index is 14.2. The molecule has 2 aromatic rings. The average Bonchev–Trinajstić information content (AvgIpc) is 3.78. The summed E-state index contributed by atoms with van der Waals surface area (Å²) in [6.45, 7) is 10.7. The summed E-state index contributed by atoms with van der Waals surface area (Å²) in [5, 5.41) is 7.18. The number of hydrogen-bond donors (Lipinski definition) is 2. The minimum absolute atomic E-state index is 0.0233. The molecule has 6 rings (SSSR count). The quantitative estimate of drug-likeness (QED) is 0.493. The Morgan fingerprint density at radius 1 is 1.09 bits per heavy atom. The van der Waals surface area contributed by atoms with Crippen LogP contribution in [0.15, 0.2) is 30.6 Å². The topological polar surface area (TPSA) is 120 Å². The van der Waals surface area contributed by atoms with Gasteiger partial charge in [0.2, 0.25) is 11.8 Å². The molecule has 3 aliphatic heterocycles. The van der Waals surface area contributed by atoms with E-state index in [9.17, 15) is 14.4 Å². The molecule has 0 spiro atoms. The van der Waals surface area contributed by atoms with E-state index < -0.39 is 5.60 Å². The summed E-state index contributed by atoms with van der Waals surface area (Å²) in [6.07, 6.45) is 4.13. The van der Waals surface area contributed by atoms with Crippen molar-refractivity contribution < 1.29 is 19.1 Å². The molecule has 4 heterocycles. The molecule has 0 bridgehead atoms. The summed E-state index contributed by atoms with van der Waals surface area (Å²) in [7, 11) is 0. The van der Waals surface area contributed by atoms with E-state index >= 15 is 0 Å². The number of likely N-dealkylation sites (tertiary alicyclic amines) is 1. The van der Waals surface area contributed by atoms with Crippen molar-refractivity contribution in [3.63, 3.8) is 0 Å². The Morgan fingerprint density at radius 2 is 1.82 bits per heavy atom. The van der Waals surface area contributed by atoms with Crippen LogP contribution in [0.2, 0.25) is 5.02 Å². The molecule has 236 valence electrons. The summed E-state index contributed by atoms with van der Waals surface area (Å²) in [5.41, 5.74) is 1.40. The van der Waals surface area contributed by atoms with Crippen LogP contribution in [0.25, 0.3) is 0 Å². The molecule has 1 saturated carbocycles. The summed E-state index contributed by atoms with van der Waals surface area (Å²) in [4.78, 5) is 53.9. The summed E-state index contributed by atoms with van der Waals surface area (Å²) < 4.78 is 5.54. The maximum Gasteiger partial charge on any atom is 0.410 e. The van der Waals surface area contributed by atoms with Crippen molar-refractivity contribution in [2.24, 2.45) is 0 Å². The van der Waals surface area contributed by atoms with Gasteiger partial charge in [0.1, 0.15) is 23.6 Å². The van der Waals surface area contributed by atoms with Crippen LogP contribution in [0, 0.1) is 0 Å². The number of carbonyl (C=O) groups is 3. The number of piperidine rings is 1. The third-order valence-corrected chi connectivity index (χ3v) is 9.35. The fourth-order valence-electron chi connectivity index (χ4n) is 6.77. The number of rotatable bonds is 6. The van der Waals surface area contributed by atoms with E-state index in [4.69, 9.17) is 16.3 Å². The Kier molecular flexibility index (Phi) is 8.45. The smallest absolute Gasteiger partial charge is 0.410 e. The minimum atomic E-state index is -0.519. The fraction of sp³-hybridized carbons (Fsp3) is 0.594. The van der Waals surface area contributed by atoms with Gasteiger partial charge >= 0.3 is 6.09 Å². The molecule has 3 fully saturated rings. The first-order chi connectivity index (χ1) is 21.0. The lowest BCUT2D eigenvalue weighted by Crippen LogP contribution is -2.52. The molecule has 4 atom stereocenters. The molecule has 12 heteroatoms. The van der Waals surface area contributed by atoms with Crippen molar-refractivity contribution in [3.05, 3.63) is 46.7 Å². The molecule has 3 amide bonds. The number of ether oxygens (including phenoxy) is 1. The van der Waals surface area contributed by atoms with Crippen LogP contribution in [0.4, 0.5) is 16.4 Å². The van der Waals surface area contributed by atoms with E-state index in [0.717, 1.165) is 36.2 Å². The van der Waals surface area contributed by atoms with Crippen LogP contribution in [0.1, 0.15) is 76.3 Å². The van der Waals surface area contributed by atoms with Crippen molar-refractivity contribution in [3.8, 4) is 0 Å².